The monoisotopic (exact) mass is 234 g/mol. The van der Waals surface area contributed by atoms with Crippen LogP contribution in [0.2, 0.25) is 0 Å². The fraction of sp³-hybridized carbons (Fsp3) is 0.500. The molecule has 5 nitrogen and oxygen atoms in total. The van der Waals surface area contributed by atoms with Gasteiger partial charge in [-0.25, -0.2) is 0 Å². The van der Waals surface area contributed by atoms with Crippen LogP contribution in [0.3, 0.4) is 0 Å². The first-order chi connectivity index (χ1) is 8.22. The van der Waals surface area contributed by atoms with Crippen LogP contribution in [-0.2, 0) is 0 Å². The highest BCUT2D eigenvalue weighted by molar-refractivity contribution is 5.94. The summed E-state index contributed by atoms with van der Waals surface area (Å²) in [6, 6.07) is 3.50. The number of carbonyl (C=O) groups is 1. The Morgan fingerprint density at radius 2 is 2.47 bits per heavy atom. The van der Waals surface area contributed by atoms with Gasteiger partial charge in [-0.1, -0.05) is 0 Å². The van der Waals surface area contributed by atoms with Gasteiger partial charge in [-0.05, 0) is 38.6 Å². The van der Waals surface area contributed by atoms with E-state index in [4.69, 9.17) is 5.73 Å². The third kappa shape index (κ3) is 2.62. The van der Waals surface area contributed by atoms with E-state index in [2.05, 4.69) is 15.6 Å². The van der Waals surface area contributed by atoms with Crippen LogP contribution >= 0.6 is 0 Å². The van der Waals surface area contributed by atoms with Crippen LogP contribution in [-0.4, -0.2) is 30.6 Å². The molecule has 1 aliphatic heterocycles. The lowest BCUT2D eigenvalue weighted by atomic mass is 9.89. The SMILES string of the molecule is CNC1CC(c2ncccc2C(N)=O)CCN1. The first kappa shape index (κ1) is 12.0. The summed E-state index contributed by atoms with van der Waals surface area (Å²) in [6.45, 7) is 0.922. The molecule has 2 rings (SSSR count). The number of carbonyl (C=O) groups excluding carboxylic acids is 1. The van der Waals surface area contributed by atoms with Gasteiger partial charge in [-0.15, -0.1) is 0 Å². The molecule has 1 fully saturated rings. The molecule has 2 atom stereocenters. The van der Waals surface area contributed by atoms with Crippen molar-refractivity contribution in [2.75, 3.05) is 13.6 Å². The largest absolute Gasteiger partial charge is 0.366 e. The van der Waals surface area contributed by atoms with Crippen LogP contribution in [0.1, 0.15) is 34.8 Å². The molecular weight excluding hydrogens is 216 g/mol. The van der Waals surface area contributed by atoms with E-state index in [1.54, 1.807) is 18.3 Å². The molecule has 0 radical (unpaired) electrons. The number of amides is 1. The molecule has 0 aliphatic carbocycles. The first-order valence-corrected chi connectivity index (χ1v) is 5.87. The van der Waals surface area contributed by atoms with Gasteiger partial charge in [-0.3, -0.25) is 9.78 Å². The van der Waals surface area contributed by atoms with Gasteiger partial charge in [0.25, 0.3) is 5.91 Å². The maximum atomic E-state index is 11.4. The van der Waals surface area contributed by atoms with Crippen LogP contribution in [0.15, 0.2) is 18.3 Å². The second-order valence-electron chi connectivity index (χ2n) is 4.32. The summed E-state index contributed by atoms with van der Waals surface area (Å²) in [5.74, 6) is -0.106. The number of nitrogens with zero attached hydrogens (tertiary/aromatic N) is 1. The number of piperidine rings is 1. The smallest absolute Gasteiger partial charge is 0.250 e. The number of hydrogen-bond acceptors (Lipinski definition) is 4. The van der Waals surface area contributed by atoms with Crippen molar-refractivity contribution < 1.29 is 4.79 Å². The van der Waals surface area contributed by atoms with E-state index in [1.807, 2.05) is 7.05 Å². The highest BCUT2D eigenvalue weighted by Crippen LogP contribution is 2.27. The van der Waals surface area contributed by atoms with Gasteiger partial charge in [0.1, 0.15) is 0 Å². The molecule has 1 aliphatic rings. The molecule has 4 N–H and O–H groups in total. The molecule has 2 heterocycles. The molecule has 0 spiro atoms. The van der Waals surface area contributed by atoms with Crippen molar-refractivity contribution >= 4 is 5.91 Å². The Balaban J connectivity index is 2.24. The van der Waals surface area contributed by atoms with Gasteiger partial charge in [-0.2, -0.15) is 0 Å². The molecule has 2 unspecified atom stereocenters. The third-order valence-corrected chi connectivity index (χ3v) is 3.24. The molecule has 0 saturated carbocycles. The lowest BCUT2D eigenvalue weighted by Crippen LogP contribution is -2.45. The lowest BCUT2D eigenvalue weighted by molar-refractivity contribution is 0.0998. The summed E-state index contributed by atoms with van der Waals surface area (Å²) in [7, 11) is 1.92. The number of nitrogens with one attached hydrogen (secondary N) is 2. The van der Waals surface area contributed by atoms with Gasteiger partial charge in [0.2, 0.25) is 0 Å². The number of primary amides is 1. The topological polar surface area (TPSA) is 80.0 Å². The lowest BCUT2D eigenvalue weighted by Gasteiger charge is -2.30. The summed E-state index contributed by atoms with van der Waals surface area (Å²) in [5, 5.41) is 6.56. The number of nitrogens with two attached hydrogens (primary N) is 1. The van der Waals surface area contributed by atoms with Crippen LogP contribution in [0.5, 0.6) is 0 Å². The zero-order valence-corrected chi connectivity index (χ0v) is 9.94. The zero-order valence-electron chi connectivity index (χ0n) is 9.94. The first-order valence-electron chi connectivity index (χ1n) is 5.87. The quantitative estimate of drug-likeness (QED) is 0.697. The third-order valence-electron chi connectivity index (χ3n) is 3.24. The molecular formula is C12H18N4O. The van der Waals surface area contributed by atoms with Crippen LogP contribution < -0.4 is 16.4 Å². The number of rotatable bonds is 3. The predicted octanol–water partition coefficient (Wildman–Crippen LogP) is 0.193. The van der Waals surface area contributed by atoms with E-state index in [0.717, 1.165) is 25.1 Å². The van der Waals surface area contributed by atoms with Crippen molar-refractivity contribution in [2.24, 2.45) is 5.73 Å². The van der Waals surface area contributed by atoms with Crippen molar-refractivity contribution in [1.82, 2.24) is 15.6 Å². The van der Waals surface area contributed by atoms with Gasteiger partial charge in [0.15, 0.2) is 0 Å². The van der Waals surface area contributed by atoms with Crippen molar-refractivity contribution in [2.45, 2.75) is 24.9 Å². The van der Waals surface area contributed by atoms with Gasteiger partial charge in [0.05, 0.1) is 17.4 Å². The zero-order chi connectivity index (χ0) is 12.3. The minimum Gasteiger partial charge on any atom is -0.366 e. The predicted molar refractivity (Wildman–Crippen MR) is 65.6 cm³/mol. The van der Waals surface area contributed by atoms with Crippen molar-refractivity contribution in [3.05, 3.63) is 29.6 Å². The van der Waals surface area contributed by atoms with E-state index >= 15 is 0 Å². The number of pyridine rings is 1. The van der Waals surface area contributed by atoms with E-state index in [0.29, 0.717) is 5.56 Å². The minimum absolute atomic E-state index is 0.275. The second-order valence-corrected chi connectivity index (χ2v) is 4.32. The normalized spacial score (nSPS) is 24.5. The maximum Gasteiger partial charge on any atom is 0.250 e. The molecule has 0 bridgehead atoms. The van der Waals surface area contributed by atoms with E-state index in [9.17, 15) is 4.79 Å². The number of hydrogen-bond donors (Lipinski definition) is 3. The van der Waals surface area contributed by atoms with E-state index in [1.165, 1.54) is 0 Å². The Labute approximate surface area is 101 Å². The van der Waals surface area contributed by atoms with E-state index < -0.39 is 5.91 Å². The molecule has 1 aromatic heterocycles. The van der Waals surface area contributed by atoms with Crippen LogP contribution in [0.4, 0.5) is 0 Å². The highest BCUT2D eigenvalue weighted by atomic mass is 16.1. The fourth-order valence-corrected chi connectivity index (χ4v) is 2.34. The Morgan fingerprint density at radius 3 is 3.18 bits per heavy atom. The molecule has 0 aromatic carbocycles. The average molecular weight is 234 g/mol. The summed E-state index contributed by atoms with van der Waals surface area (Å²) in [4.78, 5) is 15.7. The Hall–Kier alpha value is -1.46. The van der Waals surface area contributed by atoms with Crippen molar-refractivity contribution in [3.63, 3.8) is 0 Å². The summed E-state index contributed by atoms with van der Waals surface area (Å²) < 4.78 is 0. The molecule has 5 heteroatoms. The van der Waals surface area contributed by atoms with Crippen LogP contribution in [0, 0.1) is 0 Å². The molecule has 1 aromatic rings. The van der Waals surface area contributed by atoms with Gasteiger partial charge in [0, 0.05) is 12.1 Å². The van der Waals surface area contributed by atoms with Crippen molar-refractivity contribution in [3.8, 4) is 0 Å². The molecule has 92 valence electrons. The minimum atomic E-state index is -0.396. The summed E-state index contributed by atoms with van der Waals surface area (Å²) >= 11 is 0. The molecule has 1 saturated heterocycles. The second kappa shape index (κ2) is 5.25. The maximum absolute atomic E-state index is 11.4. The van der Waals surface area contributed by atoms with E-state index in [-0.39, 0.29) is 12.1 Å². The molecule has 1 amide bonds. The van der Waals surface area contributed by atoms with Gasteiger partial charge < -0.3 is 16.4 Å². The standard InChI is InChI=1S/C12H18N4O/c1-14-10-7-8(4-6-15-10)11-9(12(13)17)3-2-5-16-11/h2-3,5,8,10,14-15H,4,6-7H2,1H3,(H2,13,17). The molecule has 17 heavy (non-hydrogen) atoms. The van der Waals surface area contributed by atoms with Crippen LogP contribution in [0.25, 0.3) is 0 Å². The van der Waals surface area contributed by atoms with Crippen molar-refractivity contribution in [1.29, 1.82) is 0 Å². The summed E-state index contributed by atoms with van der Waals surface area (Å²) in [6.07, 6.45) is 3.90. The average Bonchev–Trinajstić information content (AvgIpc) is 2.39. The Kier molecular flexibility index (Phi) is 3.71. The Morgan fingerprint density at radius 1 is 1.65 bits per heavy atom. The summed E-state index contributed by atoms with van der Waals surface area (Å²) in [5.41, 5.74) is 6.76. The fourth-order valence-electron chi connectivity index (χ4n) is 2.34. The van der Waals surface area contributed by atoms with Gasteiger partial charge >= 0.3 is 0 Å². The Bertz CT molecular complexity index is 407. The highest BCUT2D eigenvalue weighted by Gasteiger charge is 2.25. The number of aromatic nitrogens is 1.